The normalized spacial score (nSPS) is 26.8. The molecular formula is C14H20N4O2S2. The second-order valence-corrected chi connectivity index (χ2v) is 7.16. The molecule has 1 aromatic rings. The molecule has 0 aromatic carbocycles. The van der Waals surface area contributed by atoms with Crippen molar-refractivity contribution in [3.63, 3.8) is 0 Å². The maximum Gasteiger partial charge on any atom is 0.138 e. The Labute approximate surface area is 138 Å². The summed E-state index contributed by atoms with van der Waals surface area (Å²) < 4.78 is 15.4. The third-order valence-electron chi connectivity index (χ3n) is 4.13. The number of rotatable bonds is 3. The number of ether oxygens (including phenoxy) is 2. The van der Waals surface area contributed by atoms with Crippen LogP contribution in [0.3, 0.4) is 0 Å². The van der Waals surface area contributed by atoms with Crippen molar-refractivity contribution in [1.29, 1.82) is 0 Å². The van der Waals surface area contributed by atoms with Gasteiger partial charge in [0.15, 0.2) is 0 Å². The van der Waals surface area contributed by atoms with Crippen LogP contribution in [-0.2, 0) is 9.47 Å². The van der Waals surface area contributed by atoms with Crippen LogP contribution >= 0.6 is 23.3 Å². The highest BCUT2D eigenvalue weighted by Crippen LogP contribution is 2.40. The molecule has 0 bridgehead atoms. The Hall–Kier alpha value is -0.800. The maximum atomic E-state index is 5.48. The largest absolute Gasteiger partial charge is 0.379 e. The fourth-order valence-electron chi connectivity index (χ4n) is 2.96. The average Bonchev–Trinajstić information content (AvgIpc) is 3.25. The van der Waals surface area contributed by atoms with Gasteiger partial charge in [-0.15, -0.1) is 0 Å². The Balaban J connectivity index is 1.55. The van der Waals surface area contributed by atoms with Crippen LogP contribution in [0.4, 0.5) is 10.7 Å². The molecule has 120 valence electrons. The van der Waals surface area contributed by atoms with Gasteiger partial charge >= 0.3 is 0 Å². The smallest absolute Gasteiger partial charge is 0.138 e. The molecule has 1 aromatic heterocycles. The molecule has 3 aliphatic rings. The molecule has 1 atom stereocenters. The number of hydrogen-bond donors (Lipinski definition) is 0. The number of thioether (sulfide) groups is 1. The van der Waals surface area contributed by atoms with Crippen molar-refractivity contribution >= 4 is 34.0 Å². The summed E-state index contributed by atoms with van der Waals surface area (Å²) in [4.78, 5) is 7.23. The molecule has 8 heteroatoms. The molecule has 0 amide bonds. The highest BCUT2D eigenvalue weighted by molar-refractivity contribution is 8.03. The lowest BCUT2D eigenvalue weighted by Crippen LogP contribution is -2.48. The first-order valence-corrected chi connectivity index (χ1v) is 9.35. The zero-order chi connectivity index (χ0) is 14.8. The van der Waals surface area contributed by atoms with E-state index in [1.54, 1.807) is 11.5 Å². The molecule has 4 rings (SSSR count). The fraction of sp³-hybridized carbons (Fsp3) is 0.643. The van der Waals surface area contributed by atoms with Crippen LogP contribution in [0.15, 0.2) is 17.8 Å². The number of hydrogen-bond acceptors (Lipinski definition) is 8. The molecule has 0 aliphatic carbocycles. The zero-order valence-electron chi connectivity index (χ0n) is 12.4. The molecule has 0 saturated carbocycles. The van der Waals surface area contributed by atoms with Gasteiger partial charge in [0.25, 0.3) is 0 Å². The third kappa shape index (κ3) is 2.85. The lowest BCUT2D eigenvalue weighted by Gasteiger charge is -2.38. The Bertz CT molecular complexity index is 527. The predicted octanol–water partition coefficient (Wildman–Crippen LogP) is 1.62. The average molecular weight is 340 g/mol. The van der Waals surface area contributed by atoms with Crippen LogP contribution in [0.25, 0.3) is 0 Å². The van der Waals surface area contributed by atoms with Crippen molar-refractivity contribution in [3.8, 4) is 0 Å². The topological polar surface area (TPSA) is 41.1 Å². The van der Waals surface area contributed by atoms with Crippen molar-refractivity contribution in [2.45, 2.75) is 5.50 Å². The van der Waals surface area contributed by atoms with Crippen LogP contribution in [0.1, 0.15) is 0 Å². The standard InChI is InChI=1S/C14H20N4O2S2/c1-6-19-7-2-16(1)13-12(11-15-22-13)18-5-10-21-14(18)17-3-8-20-9-4-17/h5,10-11,14H,1-4,6-9H2. The second kappa shape index (κ2) is 6.76. The quantitative estimate of drug-likeness (QED) is 0.828. The molecule has 0 spiro atoms. The SMILES string of the molecule is C1=CN(c2cnsc2N2CCOCC2)C(N2CCOCC2)S1. The molecule has 6 nitrogen and oxygen atoms in total. The maximum absolute atomic E-state index is 5.48. The summed E-state index contributed by atoms with van der Waals surface area (Å²) in [7, 11) is 0. The molecule has 4 heterocycles. The van der Waals surface area contributed by atoms with Crippen LogP contribution < -0.4 is 9.80 Å². The molecule has 0 N–H and O–H groups in total. The highest BCUT2D eigenvalue weighted by Gasteiger charge is 2.32. The van der Waals surface area contributed by atoms with Crippen LogP contribution in [0.2, 0.25) is 0 Å². The summed E-state index contributed by atoms with van der Waals surface area (Å²) in [6.07, 6.45) is 4.18. The molecule has 0 radical (unpaired) electrons. The van der Waals surface area contributed by atoms with Crippen molar-refractivity contribution in [3.05, 3.63) is 17.8 Å². The summed E-state index contributed by atoms with van der Waals surface area (Å²) in [6.45, 7) is 7.11. The van der Waals surface area contributed by atoms with Crippen LogP contribution in [0.5, 0.6) is 0 Å². The summed E-state index contributed by atoms with van der Waals surface area (Å²) in [5, 5.41) is 3.44. The van der Waals surface area contributed by atoms with Gasteiger partial charge in [-0.3, -0.25) is 4.90 Å². The minimum Gasteiger partial charge on any atom is -0.379 e. The van der Waals surface area contributed by atoms with E-state index in [4.69, 9.17) is 9.47 Å². The van der Waals surface area contributed by atoms with E-state index >= 15 is 0 Å². The van der Waals surface area contributed by atoms with E-state index in [9.17, 15) is 0 Å². The first-order valence-electron chi connectivity index (χ1n) is 7.63. The Morgan fingerprint density at radius 3 is 2.55 bits per heavy atom. The number of anilines is 2. The van der Waals surface area contributed by atoms with Crippen LogP contribution in [-0.4, -0.2) is 67.4 Å². The molecule has 3 aliphatic heterocycles. The van der Waals surface area contributed by atoms with Crippen molar-refractivity contribution in [2.24, 2.45) is 0 Å². The highest BCUT2D eigenvalue weighted by atomic mass is 32.2. The summed E-state index contributed by atoms with van der Waals surface area (Å²) in [5.74, 6) is 0. The van der Waals surface area contributed by atoms with E-state index in [1.807, 2.05) is 18.0 Å². The summed E-state index contributed by atoms with van der Waals surface area (Å²) in [6, 6.07) is 0. The van der Waals surface area contributed by atoms with Gasteiger partial charge in [0.2, 0.25) is 0 Å². The minimum absolute atomic E-state index is 0.320. The second-order valence-electron chi connectivity index (χ2n) is 5.42. The molecule has 2 saturated heterocycles. The first kappa shape index (κ1) is 14.8. The number of morpholine rings is 2. The Kier molecular flexibility index (Phi) is 4.54. The Morgan fingerprint density at radius 1 is 1.05 bits per heavy atom. The first-order chi connectivity index (χ1) is 10.9. The van der Waals surface area contributed by atoms with Crippen LogP contribution in [0, 0.1) is 0 Å². The van der Waals surface area contributed by atoms with Gasteiger partial charge in [0.05, 0.1) is 38.3 Å². The molecular weight excluding hydrogens is 320 g/mol. The van der Waals surface area contributed by atoms with Gasteiger partial charge in [-0.25, -0.2) is 0 Å². The van der Waals surface area contributed by atoms with Crippen molar-refractivity contribution in [1.82, 2.24) is 9.27 Å². The van der Waals surface area contributed by atoms with Gasteiger partial charge in [-0.05, 0) is 16.9 Å². The number of aromatic nitrogens is 1. The van der Waals surface area contributed by atoms with E-state index in [1.165, 1.54) is 10.7 Å². The molecule has 1 unspecified atom stereocenters. The zero-order valence-corrected chi connectivity index (χ0v) is 14.0. The van der Waals surface area contributed by atoms with E-state index in [0.717, 1.165) is 52.6 Å². The van der Waals surface area contributed by atoms with Gasteiger partial charge in [0.1, 0.15) is 10.5 Å². The van der Waals surface area contributed by atoms with Gasteiger partial charge in [-0.2, -0.15) is 4.37 Å². The minimum atomic E-state index is 0.320. The summed E-state index contributed by atoms with van der Waals surface area (Å²) >= 11 is 3.44. The lowest BCUT2D eigenvalue weighted by molar-refractivity contribution is 0.0337. The predicted molar refractivity (Wildman–Crippen MR) is 90.5 cm³/mol. The summed E-state index contributed by atoms with van der Waals surface area (Å²) in [5.41, 5.74) is 1.53. The van der Waals surface area contributed by atoms with E-state index < -0.39 is 0 Å². The monoisotopic (exact) mass is 340 g/mol. The lowest BCUT2D eigenvalue weighted by atomic mass is 10.3. The van der Waals surface area contributed by atoms with Gasteiger partial charge < -0.3 is 19.3 Å². The van der Waals surface area contributed by atoms with E-state index in [-0.39, 0.29) is 0 Å². The van der Waals surface area contributed by atoms with Crippen molar-refractivity contribution < 1.29 is 9.47 Å². The molecule has 22 heavy (non-hydrogen) atoms. The molecule has 2 fully saturated rings. The van der Waals surface area contributed by atoms with Crippen molar-refractivity contribution in [2.75, 3.05) is 62.4 Å². The van der Waals surface area contributed by atoms with Gasteiger partial charge in [0, 0.05) is 32.4 Å². The van der Waals surface area contributed by atoms with E-state index in [0.29, 0.717) is 5.50 Å². The fourth-order valence-corrected chi connectivity index (χ4v) is 4.80. The van der Waals surface area contributed by atoms with Gasteiger partial charge in [-0.1, -0.05) is 11.8 Å². The van der Waals surface area contributed by atoms with E-state index in [2.05, 4.69) is 30.7 Å². The number of nitrogens with zero attached hydrogens (tertiary/aromatic N) is 4. The third-order valence-corrected chi connectivity index (χ3v) is 6.03. The Morgan fingerprint density at radius 2 is 1.77 bits per heavy atom.